The number of ether oxygens (including phenoxy) is 3. The zero-order chi connectivity index (χ0) is 21.9. The number of carbonyl (C=O) groups is 1. The van der Waals surface area contributed by atoms with Gasteiger partial charge in [0.15, 0.2) is 0 Å². The number of carbonyl (C=O) groups excluding carboxylic acids is 1. The van der Waals surface area contributed by atoms with Crippen LogP contribution in [0, 0.1) is 0 Å². The highest BCUT2D eigenvalue weighted by Crippen LogP contribution is 2.25. The van der Waals surface area contributed by atoms with Crippen LogP contribution in [0.25, 0.3) is 0 Å². The minimum Gasteiger partial charge on any atom is -0.489 e. The largest absolute Gasteiger partial charge is 0.489 e. The summed E-state index contributed by atoms with van der Waals surface area (Å²) in [5.41, 5.74) is 3.02. The first-order chi connectivity index (χ1) is 15.2. The van der Waals surface area contributed by atoms with Gasteiger partial charge in [0.2, 0.25) is 0 Å². The van der Waals surface area contributed by atoms with Gasteiger partial charge in [-0.1, -0.05) is 60.7 Å². The van der Waals surface area contributed by atoms with E-state index >= 15 is 0 Å². The summed E-state index contributed by atoms with van der Waals surface area (Å²) in [5.74, 6) is 1.29. The fourth-order valence-corrected chi connectivity index (χ4v) is 3.17. The number of hydrogen-bond donors (Lipinski definition) is 1. The van der Waals surface area contributed by atoms with E-state index < -0.39 is 6.04 Å². The second-order valence-electron chi connectivity index (χ2n) is 7.12. The van der Waals surface area contributed by atoms with Crippen LogP contribution in [0.1, 0.15) is 23.6 Å². The molecule has 0 radical (unpaired) electrons. The average Bonchev–Trinajstić information content (AvgIpc) is 2.82. The van der Waals surface area contributed by atoms with Crippen LogP contribution in [-0.4, -0.2) is 25.7 Å². The van der Waals surface area contributed by atoms with Gasteiger partial charge >= 0.3 is 5.97 Å². The van der Waals surface area contributed by atoms with Gasteiger partial charge in [0.05, 0.1) is 6.61 Å². The van der Waals surface area contributed by atoms with Gasteiger partial charge in [0.25, 0.3) is 0 Å². The molecule has 3 aromatic rings. The SMILES string of the molecule is CCOC(=O)[C@H](Cc1ccc(COc2ccccc2)c(OCc2ccccc2)c1)NC. The Labute approximate surface area is 184 Å². The summed E-state index contributed by atoms with van der Waals surface area (Å²) in [5, 5.41) is 3.03. The van der Waals surface area contributed by atoms with Gasteiger partial charge in [-0.05, 0) is 49.7 Å². The maximum atomic E-state index is 12.2. The number of esters is 1. The Morgan fingerprint density at radius 2 is 1.58 bits per heavy atom. The van der Waals surface area contributed by atoms with Crippen LogP contribution in [-0.2, 0) is 29.2 Å². The topological polar surface area (TPSA) is 56.8 Å². The lowest BCUT2D eigenvalue weighted by Gasteiger charge is -2.17. The van der Waals surface area contributed by atoms with Crippen molar-refractivity contribution < 1.29 is 19.0 Å². The first-order valence-corrected chi connectivity index (χ1v) is 10.5. The molecule has 3 aromatic carbocycles. The molecule has 5 nitrogen and oxygen atoms in total. The summed E-state index contributed by atoms with van der Waals surface area (Å²) in [6.45, 7) is 3.01. The molecule has 0 saturated carbocycles. The molecular formula is C26H29NO4. The van der Waals surface area contributed by atoms with Crippen LogP contribution in [0.5, 0.6) is 11.5 Å². The summed E-state index contributed by atoms with van der Waals surface area (Å²) in [4.78, 5) is 12.2. The van der Waals surface area contributed by atoms with E-state index in [1.54, 1.807) is 7.05 Å². The first kappa shape index (κ1) is 22.4. The van der Waals surface area contributed by atoms with E-state index in [1.807, 2.05) is 85.8 Å². The van der Waals surface area contributed by atoms with Crippen LogP contribution >= 0.6 is 0 Å². The molecule has 0 fully saturated rings. The molecule has 0 aliphatic heterocycles. The van der Waals surface area contributed by atoms with E-state index in [9.17, 15) is 4.79 Å². The van der Waals surface area contributed by atoms with Gasteiger partial charge in [0, 0.05) is 5.56 Å². The predicted octanol–water partition coefficient (Wildman–Crippen LogP) is 4.54. The Balaban J connectivity index is 1.77. The second-order valence-corrected chi connectivity index (χ2v) is 7.12. The summed E-state index contributed by atoms with van der Waals surface area (Å²) in [6, 6.07) is 25.3. The van der Waals surface area contributed by atoms with Gasteiger partial charge in [0.1, 0.15) is 30.8 Å². The van der Waals surface area contributed by atoms with Gasteiger partial charge in [-0.25, -0.2) is 0 Å². The summed E-state index contributed by atoms with van der Waals surface area (Å²) in [6.07, 6.45) is 0.511. The van der Waals surface area contributed by atoms with Crippen LogP contribution in [0.4, 0.5) is 0 Å². The monoisotopic (exact) mass is 419 g/mol. The lowest BCUT2D eigenvalue weighted by atomic mass is 10.0. The molecule has 0 amide bonds. The molecule has 5 heteroatoms. The molecule has 0 aromatic heterocycles. The standard InChI is InChI=1S/C26H29NO4/c1-3-29-26(28)24(27-2)16-21-14-15-22(19-30-23-12-8-5-9-13-23)25(17-21)31-18-20-10-6-4-7-11-20/h4-15,17,24,27H,3,16,18-19H2,1-2H3/t24-/m0/s1. The number of rotatable bonds is 11. The number of nitrogens with one attached hydrogen (secondary N) is 1. The van der Waals surface area contributed by atoms with E-state index in [0.717, 1.165) is 28.2 Å². The van der Waals surface area contributed by atoms with E-state index in [1.165, 1.54) is 0 Å². The molecule has 31 heavy (non-hydrogen) atoms. The zero-order valence-electron chi connectivity index (χ0n) is 18.0. The third kappa shape index (κ3) is 6.86. The minimum absolute atomic E-state index is 0.256. The van der Waals surface area contributed by atoms with E-state index in [4.69, 9.17) is 14.2 Å². The number of hydrogen-bond acceptors (Lipinski definition) is 5. The van der Waals surface area contributed by atoms with Gasteiger partial charge in [-0.15, -0.1) is 0 Å². The molecule has 1 atom stereocenters. The fraction of sp³-hybridized carbons (Fsp3) is 0.269. The van der Waals surface area contributed by atoms with Crippen molar-refractivity contribution >= 4 is 5.97 Å². The summed E-state index contributed by atoms with van der Waals surface area (Å²) in [7, 11) is 1.76. The molecule has 0 spiro atoms. The lowest BCUT2D eigenvalue weighted by molar-refractivity contribution is -0.145. The molecule has 0 heterocycles. The summed E-state index contributed by atoms with van der Waals surface area (Å²) < 4.78 is 17.3. The van der Waals surface area contributed by atoms with Crippen molar-refractivity contribution in [3.8, 4) is 11.5 Å². The van der Waals surface area contributed by atoms with Crippen molar-refractivity contribution in [1.82, 2.24) is 5.32 Å². The smallest absolute Gasteiger partial charge is 0.323 e. The van der Waals surface area contributed by atoms with Crippen LogP contribution in [0.3, 0.4) is 0 Å². The van der Waals surface area contributed by atoms with Gasteiger partial charge in [-0.2, -0.15) is 0 Å². The van der Waals surface area contributed by atoms with Crippen molar-refractivity contribution in [3.63, 3.8) is 0 Å². The molecule has 3 rings (SSSR count). The molecule has 0 aliphatic rings. The van der Waals surface area contributed by atoms with E-state index in [-0.39, 0.29) is 5.97 Å². The number of benzene rings is 3. The van der Waals surface area contributed by atoms with Crippen molar-refractivity contribution in [2.75, 3.05) is 13.7 Å². The predicted molar refractivity (Wildman–Crippen MR) is 121 cm³/mol. The molecule has 0 saturated heterocycles. The Morgan fingerprint density at radius 3 is 2.26 bits per heavy atom. The van der Waals surface area contributed by atoms with Crippen molar-refractivity contribution in [3.05, 3.63) is 95.6 Å². The second kappa shape index (κ2) is 11.8. The quantitative estimate of drug-likeness (QED) is 0.463. The van der Waals surface area contributed by atoms with Crippen LogP contribution in [0.2, 0.25) is 0 Å². The Morgan fingerprint density at radius 1 is 0.871 bits per heavy atom. The molecule has 162 valence electrons. The molecule has 0 aliphatic carbocycles. The third-order valence-electron chi connectivity index (χ3n) is 4.87. The van der Waals surface area contributed by atoms with E-state index in [2.05, 4.69) is 5.32 Å². The first-order valence-electron chi connectivity index (χ1n) is 10.5. The fourth-order valence-electron chi connectivity index (χ4n) is 3.17. The van der Waals surface area contributed by atoms with Crippen LogP contribution < -0.4 is 14.8 Å². The Bertz CT molecular complexity index is 944. The van der Waals surface area contributed by atoms with Crippen molar-refractivity contribution in [1.29, 1.82) is 0 Å². The Hall–Kier alpha value is -3.31. The normalized spacial score (nSPS) is 11.5. The average molecular weight is 420 g/mol. The molecule has 0 bridgehead atoms. The highest BCUT2D eigenvalue weighted by Gasteiger charge is 2.19. The molecular weight excluding hydrogens is 390 g/mol. The molecule has 1 N–H and O–H groups in total. The number of para-hydroxylation sites is 1. The minimum atomic E-state index is -0.409. The third-order valence-corrected chi connectivity index (χ3v) is 4.87. The highest BCUT2D eigenvalue weighted by atomic mass is 16.5. The Kier molecular flexibility index (Phi) is 8.49. The lowest BCUT2D eigenvalue weighted by Crippen LogP contribution is -2.37. The van der Waals surface area contributed by atoms with Crippen LogP contribution in [0.15, 0.2) is 78.9 Å². The highest BCUT2D eigenvalue weighted by molar-refractivity contribution is 5.76. The number of likely N-dealkylation sites (N-methyl/N-ethyl adjacent to an activating group) is 1. The molecule has 0 unspecified atom stereocenters. The van der Waals surface area contributed by atoms with Crippen molar-refractivity contribution in [2.24, 2.45) is 0 Å². The van der Waals surface area contributed by atoms with Crippen molar-refractivity contribution in [2.45, 2.75) is 32.6 Å². The maximum absolute atomic E-state index is 12.2. The van der Waals surface area contributed by atoms with E-state index in [0.29, 0.717) is 26.2 Å². The van der Waals surface area contributed by atoms with Gasteiger partial charge in [-0.3, -0.25) is 4.79 Å². The summed E-state index contributed by atoms with van der Waals surface area (Å²) >= 11 is 0. The van der Waals surface area contributed by atoms with Gasteiger partial charge < -0.3 is 19.5 Å². The maximum Gasteiger partial charge on any atom is 0.323 e. The zero-order valence-corrected chi connectivity index (χ0v) is 18.0.